The number of nitrogens with one attached hydrogen (secondary N) is 2. The Kier molecular flexibility index (Phi) is 7.47. The van der Waals surface area contributed by atoms with E-state index >= 15 is 0 Å². The molecule has 1 atom stereocenters. The van der Waals surface area contributed by atoms with Gasteiger partial charge in [0.15, 0.2) is 12.5 Å². The van der Waals surface area contributed by atoms with Crippen molar-refractivity contribution >= 4 is 34.6 Å². The van der Waals surface area contributed by atoms with Gasteiger partial charge in [-0.3, -0.25) is 14.8 Å². The maximum Gasteiger partial charge on any atom is 0.317 e. The highest BCUT2D eigenvalue weighted by molar-refractivity contribution is 6.16. The van der Waals surface area contributed by atoms with Crippen molar-refractivity contribution in [3.63, 3.8) is 0 Å². The molecule has 3 aromatic carbocycles. The molecule has 0 saturated heterocycles. The number of anilines is 2. The summed E-state index contributed by atoms with van der Waals surface area (Å²) in [5, 5.41) is 15.3. The van der Waals surface area contributed by atoms with Crippen LogP contribution in [0.25, 0.3) is 22.4 Å². The van der Waals surface area contributed by atoms with E-state index in [1.54, 1.807) is 13.3 Å². The maximum atomic E-state index is 12.1. The highest BCUT2D eigenvalue weighted by atomic mass is 16.5. The van der Waals surface area contributed by atoms with Crippen LogP contribution in [0.4, 0.5) is 11.7 Å². The van der Waals surface area contributed by atoms with E-state index in [0.29, 0.717) is 24.5 Å². The summed E-state index contributed by atoms with van der Waals surface area (Å²) in [5.74, 6) is 0.298. The first-order chi connectivity index (χ1) is 18.7. The number of aliphatic imine (C=N–C) groups is 1. The first-order valence-corrected chi connectivity index (χ1v) is 12.0. The first-order valence-electron chi connectivity index (χ1n) is 12.0. The molecule has 38 heavy (non-hydrogen) atoms. The average molecular weight is 507 g/mol. The number of pyridine rings is 1. The number of aldehydes is 1. The molecule has 9 heteroatoms. The van der Waals surface area contributed by atoms with Crippen molar-refractivity contribution in [3.8, 4) is 11.5 Å². The van der Waals surface area contributed by atoms with Gasteiger partial charge in [-0.05, 0) is 29.8 Å². The summed E-state index contributed by atoms with van der Waals surface area (Å²) >= 11 is 0. The number of fused-ring (bicyclic) bond motifs is 1. The molecule has 9 nitrogen and oxygen atoms in total. The summed E-state index contributed by atoms with van der Waals surface area (Å²) < 4.78 is 11.2. The standard InChI is InChI=1S/C29H26N6O3/c1-30-24-11-7-6-10-22(24)27(20-8-4-3-5-9-20)32-26(17-36)33-29-35-34-28(38-29)21-14-15-31-25-13-12-19(18-37-2)16-23(21)25/h3-17,26,30H,18H2,1-2H3,(H,33,35). The normalized spacial score (nSPS) is 12.3. The van der Waals surface area contributed by atoms with E-state index in [1.165, 1.54) is 0 Å². The third-order valence-corrected chi connectivity index (χ3v) is 5.94. The molecule has 0 aliphatic heterocycles. The second kappa shape index (κ2) is 11.4. The van der Waals surface area contributed by atoms with Crippen LogP contribution in [-0.2, 0) is 16.1 Å². The molecule has 2 N–H and O–H groups in total. The smallest absolute Gasteiger partial charge is 0.317 e. The lowest BCUT2D eigenvalue weighted by molar-refractivity contribution is -0.108. The number of carbonyl (C=O) groups excluding carboxylic acids is 1. The van der Waals surface area contributed by atoms with E-state index in [2.05, 4.69) is 25.8 Å². The van der Waals surface area contributed by atoms with E-state index in [-0.39, 0.29) is 6.01 Å². The van der Waals surface area contributed by atoms with Gasteiger partial charge >= 0.3 is 6.01 Å². The topological polar surface area (TPSA) is 115 Å². The Morgan fingerprint density at radius 1 is 1.05 bits per heavy atom. The molecule has 2 aromatic heterocycles. The molecule has 5 aromatic rings. The molecule has 1 unspecified atom stereocenters. The lowest BCUT2D eigenvalue weighted by atomic mass is 10.0. The van der Waals surface area contributed by atoms with E-state index in [0.717, 1.165) is 38.8 Å². The summed E-state index contributed by atoms with van der Waals surface area (Å²) in [6.07, 6.45) is 1.42. The van der Waals surface area contributed by atoms with Gasteiger partial charge in [0.2, 0.25) is 5.89 Å². The Morgan fingerprint density at radius 3 is 2.66 bits per heavy atom. The zero-order chi connectivity index (χ0) is 26.3. The van der Waals surface area contributed by atoms with Crippen LogP contribution in [-0.4, -0.2) is 47.5 Å². The van der Waals surface area contributed by atoms with Crippen molar-refractivity contribution in [2.24, 2.45) is 4.99 Å². The quantitative estimate of drug-likeness (QED) is 0.202. The molecule has 0 aliphatic rings. The van der Waals surface area contributed by atoms with Crippen molar-refractivity contribution in [2.75, 3.05) is 24.8 Å². The molecule has 5 rings (SSSR count). The van der Waals surface area contributed by atoms with Crippen LogP contribution in [0, 0.1) is 0 Å². The summed E-state index contributed by atoms with van der Waals surface area (Å²) in [6, 6.07) is 25.2. The van der Waals surface area contributed by atoms with E-state index in [1.807, 2.05) is 85.9 Å². The molecule has 0 saturated carbocycles. The van der Waals surface area contributed by atoms with Gasteiger partial charge in [0.05, 0.1) is 17.8 Å². The van der Waals surface area contributed by atoms with Gasteiger partial charge in [-0.2, -0.15) is 0 Å². The van der Waals surface area contributed by atoms with Crippen molar-refractivity contribution in [2.45, 2.75) is 12.8 Å². The van der Waals surface area contributed by atoms with Crippen molar-refractivity contribution < 1.29 is 13.9 Å². The van der Waals surface area contributed by atoms with Crippen molar-refractivity contribution in [1.29, 1.82) is 0 Å². The predicted molar refractivity (Wildman–Crippen MR) is 147 cm³/mol. The third-order valence-electron chi connectivity index (χ3n) is 5.94. The van der Waals surface area contributed by atoms with Crippen LogP contribution in [0.3, 0.4) is 0 Å². The zero-order valence-corrected chi connectivity index (χ0v) is 21.0. The summed E-state index contributed by atoms with van der Waals surface area (Å²) in [7, 11) is 3.49. The predicted octanol–water partition coefficient (Wildman–Crippen LogP) is 4.95. The number of ether oxygens (including phenoxy) is 1. The highest BCUT2D eigenvalue weighted by Crippen LogP contribution is 2.29. The molecule has 0 fully saturated rings. The van der Waals surface area contributed by atoms with Crippen LogP contribution in [0.15, 0.2) is 94.5 Å². The molecule has 0 bridgehead atoms. The third kappa shape index (κ3) is 5.28. The van der Waals surface area contributed by atoms with Gasteiger partial charge in [0.25, 0.3) is 0 Å². The number of methoxy groups -OCH3 is 1. The fourth-order valence-electron chi connectivity index (χ4n) is 4.19. The van der Waals surface area contributed by atoms with E-state index in [9.17, 15) is 4.79 Å². The maximum absolute atomic E-state index is 12.1. The van der Waals surface area contributed by atoms with Crippen LogP contribution in [0.1, 0.15) is 16.7 Å². The van der Waals surface area contributed by atoms with Gasteiger partial charge in [-0.1, -0.05) is 59.7 Å². The number of hydrogen-bond donors (Lipinski definition) is 2. The van der Waals surface area contributed by atoms with E-state index in [4.69, 9.17) is 14.1 Å². The molecular weight excluding hydrogens is 480 g/mol. The van der Waals surface area contributed by atoms with E-state index < -0.39 is 6.17 Å². The summed E-state index contributed by atoms with van der Waals surface area (Å²) in [4.78, 5) is 21.3. The Balaban J connectivity index is 1.48. The van der Waals surface area contributed by atoms with Gasteiger partial charge in [-0.25, -0.2) is 0 Å². The minimum absolute atomic E-state index is 0.0770. The molecular formula is C29H26N6O3. The molecule has 0 spiro atoms. The van der Waals surface area contributed by atoms with Crippen molar-refractivity contribution in [3.05, 3.63) is 102 Å². The fraction of sp³-hybridized carbons (Fsp3) is 0.138. The van der Waals surface area contributed by atoms with Crippen LogP contribution in [0.5, 0.6) is 0 Å². The SMILES string of the molecule is CNc1ccccc1C(=NC(C=O)Nc1nnc(-c2ccnc3ccc(COC)cc23)o1)c1ccccc1. The Labute approximate surface area is 219 Å². The number of benzene rings is 3. The van der Waals surface area contributed by atoms with Gasteiger partial charge in [0.1, 0.15) is 0 Å². The lowest BCUT2D eigenvalue weighted by Gasteiger charge is -2.15. The Morgan fingerprint density at radius 2 is 1.87 bits per heavy atom. The van der Waals surface area contributed by atoms with Crippen LogP contribution in [0.2, 0.25) is 0 Å². The van der Waals surface area contributed by atoms with Gasteiger partial charge < -0.3 is 19.8 Å². The highest BCUT2D eigenvalue weighted by Gasteiger charge is 2.18. The number of rotatable bonds is 10. The minimum atomic E-state index is -0.967. The van der Waals surface area contributed by atoms with Gasteiger partial charge in [0, 0.05) is 48.1 Å². The molecule has 190 valence electrons. The summed E-state index contributed by atoms with van der Waals surface area (Å²) in [5.41, 5.74) is 5.77. The Hall–Kier alpha value is -4.89. The number of hydrogen-bond acceptors (Lipinski definition) is 9. The van der Waals surface area contributed by atoms with Crippen LogP contribution < -0.4 is 10.6 Å². The summed E-state index contributed by atoms with van der Waals surface area (Å²) in [6.45, 7) is 0.473. The molecule has 0 radical (unpaired) electrons. The number of carbonyl (C=O) groups is 1. The van der Waals surface area contributed by atoms with Gasteiger partial charge in [-0.15, -0.1) is 5.10 Å². The van der Waals surface area contributed by atoms with Crippen LogP contribution >= 0.6 is 0 Å². The minimum Gasteiger partial charge on any atom is -0.403 e. The zero-order valence-electron chi connectivity index (χ0n) is 21.0. The second-order valence-corrected chi connectivity index (χ2v) is 8.42. The molecule has 0 aliphatic carbocycles. The second-order valence-electron chi connectivity index (χ2n) is 8.42. The van der Waals surface area contributed by atoms with Crippen molar-refractivity contribution in [1.82, 2.24) is 15.2 Å². The molecule has 2 heterocycles. The first kappa shape index (κ1) is 24.8. The number of aromatic nitrogens is 3. The fourth-order valence-corrected chi connectivity index (χ4v) is 4.19. The monoisotopic (exact) mass is 506 g/mol. The average Bonchev–Trinajstić information content (AvgIpc) is 3.43. The largest absolute Gasteiger partial charge is 0.403 e. The Bertz CT molecular complexity index is 1580. The molecule has 0 amide bonds. The number of nitrogens with zero attached hydrogens (tertiary/aromatic N) is 4. The lowest BCUT2D eigenvalue weighted by Crippen LogP contribution is -2.22. The number of para-hydroxylation sites is 1.